The number of allylic oxidation sites excluding steroid dienone is 3. The van der Waals surface area contributed by atoms with Crippen molar-refractivity contribution in [1.29, 1.82) is 0 Å². The normalized spacial score (nSPS) is 17.2. The first kappa shape index (κ1) is 17.7. The summed E-state index contributed by atoms with van der Waals surface area (Å²) < 4.78 is 10.9. The summed E-state index contributed by atoms with van der Waals surface area (Å²) in [6, 6.07) is 5.50. The second-order valence-corrected chi connectivity index (χ2v) is 5.82. The highest BCUT2D eigenvalue weighted by atomic mass is 16.5. The van der Waals surface area contributed by atoms with Gasteiger partial charge in [-0.3, -0.25) is 0 Å². The van der Waals surface area contributed by atoms with E-state index in [0.29, 0.717) is 36.1 Å². The Morgan fingerprint density at radius 1 is 1.35 bits per heavy atom. The fraction of sp³-hybridized carbons (Fsp3) is 0.250. The second kappa shape index (κ2) is 7.82. The Morgan fingerprint density at radius 3 is 2.96 bits per heavy atom. The number of nitrogens with two attached hydrogens (primary N) is 1. The Bertz CT molecular complexity index is 876. The molecule has 134 valence electrons. The van der Waals surface area contributed by atoms with E-state index in [4.69, 9.17) is 15.2 Å². The fourth-order valence-corrected chi connectivity index (χ4v) is 2.52. The Labute approximate surface area is 152 Å². The first-order valence-corrected chi connectivity index (χ1v) is 8.49. The zero-order valence-corrected chi connectivity index (χ0v) is 14.9. The first-order valence-electron chi connectivity index (χ1n) is 8.49. The lowest BCUT2D eigenvalue weighted by Gasteiger charge is -2.07. The lowest BCUT2D eigenvalue weighted by atomic mass is 10.1. The van der Waals surface area contributed by atoms with Gasteiger partial charge in [0.15, 0.2) is 0 Å². The molecule has 0 atom stereocenters. The molecule has 1 aromatic rings. The van der Waals surface area contributed by atoms with Gasteiger partial charge in [-0.1, -0.05) is 12.2 Å². The number of ether oxygens (including phenoxy) is 2. The van der Waals surface area contributed by atoms with Crippen LogP contribution >= 0.6 is 0 Å². The van der Waals surface area contributed by atoms with Crippen LogP contribution in [-0.4, -0.2) is 30.7 Å². The average molecular weight is 351 g/mol. The SMILES string of the molecule is C/C=C\C=C1N=C\1COc1ccc2c(c1)C=C(C(=O)OCC)CC(N)=N2. The number of hydrogen-bond acceptors (Lipinski definition) is 6. The van der Waals surface area contributed by atoms with Crippen LogP contribution in [0.4, 0.5) is 5.69 Å². The molecule has 0 bridgehead atoms. The number of aliphatic imine (C=N–C) groups is 2. The molecule has 2 heterocycles. The van der Waals surface area contributed by atoms with Crippen molar-refractivity contribution in [2.24, 2.45) is 15.7 Å². The van der Waals surface area contributed by atoms with E-state index in [-0.39, 0.29) is 12.4 Å². The topological polar surface area (TPSA) is 86.3 Å². The van der Waals surface area contributed by atoms with Gasteiger partial charge in [0, 0.05) is 17.6 Å². The molecule has 0 radical (unpaired) electrons. The van der Waals surface area contributed by atoms with Gasteiger partial charge in [0.05, 0.1) is 18.0 Å². The van der Waals surface area contributed by atoms with Crippen LogP contribution in [0.3, 0.4) is 0 Å². The van der Waals surface area contributed by atoms with Crippen molar-refractivity contribution in [2.75, 3.05) is 13.2 Å². The molecule has 0 spiro atoms. The second-order valence-electron chi connectivity index (χ2n) is 5.82. The van der Waals surface area contributed by atoms with Crippen molar-refractivity contribution in [3.8, 4) is 5.75 Å². The minimum atomic E-state index is -0.379. The van der Waals surface area contributed by atoms with Gasteiger partial charge in [0.25, 0.3) is 0 Å². The highest BCUT2D eigenvalue weighted by molar-refractivity contribution is 6.13. The molecule has 2 aliphatic rings. The largest absolute Gasteiger partial charge is 0.487 e. The molecule has 0 unspecified atom stereocenters. The van der Waals surface area contributed by atoms with E-state index in [1.54, 1.807) is 13.0 Å². The summed E-state index contributed by atoms with van der Waals surface area (Å²) in [5, 5.41) is 0. The zero-order valence-electron chi connectivity index (χ0n) is 14.9. The Balaban J connectivity index is 1.75. The summed E-state index contributed by atoms with van der Waals surface area (Å²) in [7, 11) is 0. The van der Waals surface area contributed by atoms with Crippen LogP contribution in [0.1, 0.15) is 25.8 Å². The minimum absolute atomic E-state index is 0.264. The van der Waals surface area contributed by atoms with Gasteiger partial charge in [-0.2, -0.15) is 0 Å². The third-order valence-electron chi connectivity index (χ3n) is 3.83. The summed E-state index contributed by atoms with van der Waals surface area (Å²) in [6.07, 6.45) is 7.86. The van der Waals surface area contributed by atoms with Gasteiger partial charge >= 0.3 is 5.97 Å². The molecule has 0 fully saturated rings. The smallest absolute Gasteiger partial charge is 0.334 e. The predicted molar refractivity (Wildman–Crippen MR) is 103 cm³/mol. The molecule has 3 rings (SSSR count). The fourth-order valence-electron chi connectivity index (χ4n) is 2.52. The molecule has 26 heavy (non-hydrogen) atoms. The predicted octanol–water partition coefficient (Wildman–Crippen LogP) is 3.32. The van der Waals surface area contributed by atoms with Crippen molar-refractivity contribution in [3.05, 3.63) is 53.3 Å². The van der Waals surface area contributed by atoms with Gasteiger partial charge in [-0.15, -0.1) is 0 Å². The van der Waals surface area contributed by atoms with E-state index in [1.807, 2.05) is 43.4 Å². The number of esters is 1. The van der Waals surface area contributed by atoms with Crippen molar-refractivity contribution in [2.45, 2.75) is 20.3 Å². The Kier molecular flexibility index (Phi) is 5.31. The van der Waals surface area contributed by atoms with E-state index in [1.165, 1.54) is 0 Å². The molecule has 2 aliphatic heterocycles. The van der Waals surface area contributed by atoms with Crippen molar-refractivity contribution < 1.29 is 14.3 Å². The molecule has 6 heteroatoms. The monoisotopic (exact) mass is 351 g/mol. The quantitative estimate of drug-likeness (QED) is 0.797. The van der Waals surface area contributed by atoms with Crippen molar-refractivity contribution >= 4 is 29.3 Å². The maximum Gasteiger partial charge on any atom is 0.334 e. The highest BCUT2D eigenvalue weighted by Gasteiger charge is 2.20. The van der Waals surface area contributed by atoms with E-state index >= 15 is 0 Å². The lowest BCUT2D eigenvalue weighted by Crippen LogP contribution is -2.16. The number of carbonyl (C=O) groups is 1. The summed E-state index contributed by atoms with van der Waals surface area (Å²) >= 11 is 0. The van der Waals surface area contributed by atoms with Crippen LogP contribution in [0, 0.1) is 0 Å². The maximum atomic E-state index is 12.1. The van der Waals surface area contributed by atoms with Crippen LogP contribution in [0.15, 0.2) is 57.7 Å². The van der Waals surface area contributed by atoms with Crippen LogP contribution in [-0.2, 0) is 9.53 Å². The molecule has 2 N–H and O–H groups in total. The van der Waals surface area contributed by atoms with E-state index in [2.05, 4.69) is 9.98 Å². The molecule has 0 saturated heterocycles. The van der Waals surface area contributed by atoms with Gasteiger partial charge in [-0.05, 0) is 44.2 Å². The summed E-state index contributed by atoms with van der Waals surface area (Å²) in [4.78, 5) is 20.7. The number of nitrogens with zero attached hydrogens (tertiary/aromatic N) is 2. The molecular weight excluding hydrogens is 330 g/mol. The molecule has 6 nitrogen and oxygen atoms in total. The van der Waals surface area contributed by atoms with Crippen LogP contribution in [0.25, 0.3) is 6.08 Å². The van der Waals surface area contributed by atoms with E-state index in [9.17, 15) is 4.79 Å². The number of benzene rings is 1. The summed E-state index contributed by atoms with van der Waals surface area (Å²) in [5.74, 6) is 0.678. The standard InChI is InChI=1S/C20H21N3O3/c1-3-5-6-17-18(22-17)12-26-15-7-8-16-13(10-15)9-14(11-19(21)23-16)20(24)25-4-2/h3,5-10H,4,11-12H2,1-2H3,(H2,21,23)/b5-3-,17-6+. The van der Waals surface area contributed by atoms with Crippen LogP contribution in [0.2, 0.25) is 0 Å². The van der Waals surface area contributed by atoms with Gasteiger partial charge in [-0.25, -0.2) is 14.8 Å². The molecule has 0 amide bonds. The number of amidine groups is 1. The average Bonchev–Trinajstić information content (AvgIpc) is 3.39. The van der Waals surface area contributed by atoms with Crippen LogP contribution < -0.4 is 10.5 Å². The first-order chi connectivity index (χ1) is 12.6. The van der Waals surface area contributed by atoms with Gasteiger partial charge in [0.2, 0.25) is 0 Å². The Hall–Kier alpha value is -3.15. The molecule has 0 saturated carbocycles. The summed E-state index contributed by atoms with van der Waals surface area (Å²) in [6.45, 7) is 4.45. The number of rotatable bonds is 6. The molecule has 0 aromatic heterocycles. The maximum absolute atomic E-state index is 12.1. The zero-order chi connectivity index (χ0) is 18.5. The third kappa shape index (κ3) is 4.27. The van der Waals surface area contributed by atoms with Crippen molar-refractivity contribution in [3.63, 3.8) is 0 Å². The minimum Gasteiger partial charge on any atom is -0.487 e. The van der Waals surface area contributed by atoms with Gasteiger partial charge in [0.1, 0.15) is 23.9 Å². The van der Waals surface area contributed by atoms with E-state index in [0.717, 1.165) is 17.0 Å². The molecule has 0 aliphatic carbocycles. The molecular formula is C20H21N3O3. The summed E-state index contributed by atoms with van der Waals surface area (Å²) in [5.41, 5.74) is 9.76. The van der Waals surface area contributed by atoms with Crippen molar-refractivity contribution in [1.82, 2.24) is 0 Å². The number of hydrogen-bond donors (Lipinski definition) is 1. The third-order valence-corrected chi connectivity index (χ3v) is 3.83. The van der Waals surface area contributed by atoms with E-state index < -0.39 is 0 Å². The number of fused-ring (bicyclic) bond motifs is 1. The van der Waals surface area contributed by atoms with Gasteiger partial charge < -0.3 is 15.2 Å². The lowest BCUT2D eigenvalue weighted by molar-refractivity contribution is -0.138. The molecule has 1 aromatic carbocycles. The Morgan fingerprint density at radius 2 is 2.19 bits per heavy atom. The number of carbonyl (C=O) groups excluding carboxylic acids is 1. The highest BCUT2D eigenvalue weighted by Crippen LogP contribution is 2.30. The van der Waals surface area contributed by atoms with Crippen LogP contribution in [0.5, 0.6) is 5.75 Å².